The van der Waals surface area contributed by atoms with Gasteiger partial charge in [-0.25, -0.2) is 4.57 Å². The molecule has 92 valence electrons. The van der Waals surface area contributed by atoms with E-state index in [2.05, 4.69) is 22.6 Å². The highest BCUT2D eigenvalue weighted by molar-refractivity contribution is 14.1. The highest BCUT2D eigenvalue weighted by atomic mass is 127. The lowest BCUT2D eigenvalue weighted by Crippen LogP contribution is -2.01. The van der Waals surface area contributed by atoms with Gasteiger partial charge in [-0.2, -0.15) is 0 Å². The number of phosphoric ester groups is 1. The first kappa shape index (κ1) is 15.8. The summed E-state index contributed by atoms with van der Waals surface area (Å²) in [7, 11) is -3.27. The van der Waals surface area contributed by atoms with Gasteiger partial charge < -0.3 is 0 Å². The smallest absolute Gasteiger partial charge is 0.287 e. The monoisotopic (exact) mass is 350 g/mol. The minimum atomic E-state index is -3.27. The fourth-order valence-electron chi connectivity index (χ4n) is 0.978. The Kier molecular flexibility index (Phi) is 10.6. The molecule has 0 saturated carbocycles. The van der Waals surface area contributed by atoms with Crippen molar-refractivity contribution in [3.8, 4) is 0 Å². The molecular formula is C9H20IO4P. The lowest BCUT2D eigenvalue weighted by molar-refractivity contribution is 0.120. The first-order valence-electron chi connectivity index (χ1n) is 5.28. The van der Waals surface area contributed by atoms with Crippen molar-refractivity contribution in [1.29, 1.82) is 0 Å². The van der Waals surface area contributed by atoms with Crippen LogP contribution in [0.3, 0.4) is 0 Å². The van der Waals surface area contributed by atoms with Crippen LogP contribution in [0.2, 0.25) is 0 Å². The van der Waals surface area contributed by atoms with Crippen molar-refractivity contribution in [2.24, 2.45) is 0 Å². The van der Waals surface area contributed by atoms with E-state index in [4.69, 9.17) is 13.6 Å². The molecule has 0 spiro atoms. The second kappa shape index (κ2) is 10.0. The summed E-state index contributed by atoms with van der Waals surface area (Å²) in [6.45, 7) is 4.65. The molecule has 6 heteroatoms. The van der Waals surface area contributed by atoms with E-state index in [1.54, 1.807) is 13.8 Å². The average molecular weight is 350 g/mol. The largest absolute Gasteiger partial charge is 0.474 e. The number of alkyl halides is 1. The zero-order valence-electron chi connectivity index (χ0n) is 9.41. The third kappa shape index (κ3) is 8.63. The minimum Gasteiger partial charge on any atom is -0.287 e. The summed E-state index contributed by atoms with van der Waals surface area (Å²) in [6, 6.07) is 0. The van der Waals surface area contributed by atoms with Crippen LogP contribution in [0.15, 0.2) is 0 Å². The summed E-state index contributed by atoms with van der Waals surface area (Å²) < 4.78 is 28.1. The molecule has 0 bridgehead atoms. The third-order valence-corrected chi connectivity index (χ3v) is 4.01. The summed E-state index contributed by atoms with van der Waals surface area (Å²) in [5.41, 5.74) is 0. The van der Waals surface area contributed by atoms with Crippen molar-refractivity contribution in [3.63, 3.8) is 0 Å². The molecule has 0 amide bonds. The maximum Gasteiger partial charge on any atom is 0.474 e. The quantitative estimate of drug-likeness (QED) is 0.260. The molecule has 0 unspecified atom stereocenters. The molecule has 0 heterocycles. The van der Waals surface area contributed by atoms with Crippen LogP contribution < -0.4 is 0 Å². The molecule has 0 atom stereocenters. The Labute approximate surface area is 106 Å². The molecule has 15 heavy (non-hydrogen) atoms. The maximum atomic E-state index is 11.8. The van der Waals surface area contributed by atoms with Gasteiger partial charge in [-0.1, -0.05) is 29.0 Å². The minimum absolute atomic E-state index is 0.338. The number of halogens is 1. The average Bonchev–Trinajstić information content (AvgIpc) is 2.18. The van der Waals surface area contributed by atoms with Gasteiger partial charge in [0.2, 0.25) is 0 Å². The van der Waals surface area contributed by atoms with Crippen LogP contribution in [0.4, 0.5) is 0 Å². The van der Waals surface area contributed by atoms with Gasteiger partial charge in [-0.3, -0.25) is 13.6 Å². The fraction of sp³-hybridized carbons (Fsp3) is 1.00. The number of hydrogen-bond donors (Lipinski definition) is 0. The van der Waals surface area contributed by atoms with E-state index in [1.165, 1.54) is 0 Å². The standard InChI is InChI=1S/C9H20IO4P/c1-3-12-15(11,13-4-2)14-9-7-5-6-8-10/h3-9H2,1-2H3. The SMILES string of the molecule is CCOP(=O)(OCC)OCCCCCI. The predicted octanol–water partition coefficient (Wildman–Crippen LogP) is 3.79. The van der Waals surface area contributed by atoms with Gasteiger partial charge in [-0.05, 0) is 31.1 Å². The summed E-state index contributed by atoms with van der Waals surface area (Å²) >= 11 is 2.34. The molecule has 0 aliphatic carbocycles. The molecule has 0 radical (unpaired) electrons. The van der Waals surface area contributed by atoms with Crippen LogP contribution in [-0.4, -0.2) is 24.2 Å². The molecule has 0 aromatic rings. The van der Waals surface area contributed by atoms with Gasteiger partial charge in [0.05, 0.1) is 19.8 Å². The van der Waals surface area contributed by atoms with E-state index in [-0.39, 0.29) is 0 Å². The molecule has 0 N–H and O–H groups in total. The van der Waals surface area contributed by atoms with Crippen molar-refractivity contribution in [3.05, 3.63) is 0 Å². The number of unbranched alkanes of at least 4 members (excludes halogenated alkanes) is 2. The van der Waals surface area contributed by atoms with Crippen molar-refractivity contribution >= 4 is 30.4 Å². The molecule has 0 aromatic heterocycles. The number of rotatable bonds is 10. The van der Waals surface area contributed by atoms with Gasteiger partial charge in [0.25, 0.3) is 0 Å². The van der Waals surface area contributed by atoms with Crippen molar-refractivity contribution in [2.75, 3.05) is 24.2 Å². The van der Waals surface area contributed by atoms with Gasteiger partial charge in [0.15, 0.2) is 0 Å². The Morgan fingerprint density at radius 1 is 1.00 bits per heavy atom. The van der Waals surface area contributed by atoms with E-state index in [0.717, 1.165) is 23.7 Å². The van der Waals surface area contributed by atoms with E-state index in [9.17, 15) is 4.57 Å². The van der Waals surface area contributed by atoms with Gasteiger partial charge in [-0.15, -0.1) is 0 Å². The van der Waals surface area contributed by atoms with Crippen LogP contribution in [-0.2, 0) is 18.1 Å². The second-order valence-corrected chi connectivity index (χ2v) is 5.61. The first-order valence-corrected chi connectivity index (χ1v) is 8.26. The summed E-state index contributed by atoms with van der Waals surface area (Å²) in [5.74, 6) is 0. The van der Waals surface area contributed by atoms with Crippen LogP contribution in [0.1, 0.15) is 33.1 Å². The van der Waals surface area contributed by atoms with Crippen LogP contribution in [0.5, 0.6) is 0 Å². The molecular weight excluding hydrogens is 330 g/mol. The van der Waals surface area contributed by atoms with E-state index in [1.807, 2.05) is 0 Å². The van der Waals surface area contributed by atoms with Crippen molar-refractivity contribution < 1.29 is 18.1 Å². The Morgan fingerprint density at radius 2 is 1.60 bits per heavy atom. The van der Waals surface area contributed by atoms with Gasteiger partial charge in [0, 0.05) is 0 Å². The van der Waals surface area contributed by atoms with Crippen molar-refractivity contribution in [1.82, 2.24) is 0 Å². The number of hydrogen-bond acceptors (Lipinski definition) is 4. The number of phosphoric acid groups is 1. The van der Waals surface area contributed by atoms with Crippen molar-refractivity contribution in [2.45, 2.75) is 33.1 Å². The third-order valence-electron chi connectivity index (χ3n) is 1.60. The van der Waals surface area contributed by atoms with Crippen LogP contribution in [0.25, 0.3) is 0 Å². The van der Waals surface area contributed by atoms with E-state index >= 15 is 0 Å². The van der Waals surface area contributed by atoms with Gasteiger partial charge in [0.1, 0.15) is 0 Å². The fourth-order valence-corrected chi connectivity index (χ4v) is 2.73. The molecule has 0 saturated heterocycles. The lowest BCUT2D eigenvalue weighted by Gasteiger charge is -2.15. The van der Waals surface area contributed by atoms with Crippen LogP contribution in [0, 0.1) is 0 Å². The molecule has 0 aromatic carbocycles. The highest BCUT2D eigenvalue weighted by Crippen LogP contribution is 2.49. The van der Waals surface area contributed by atoms with Crippen LogP contribution >= 0.6 is 30.4 Å². The molecule has 4 nitrogen and oxygen atoms in total. The van der Waals surface area contributed by atoms with E-state index in [0.29, 0.717) is 19.8 Å². The first-order chi connectivity index (χ1) is 7.18. The molecule has 0 fully saturated rings. The molecule has 0 aliphatic rings. The Bertz CT molecular complexity index is 179. The lowest BCUT2D eigenvalue weighted by atomic mass is 10.3. The summed E-state index contributed by atoms with van der Waals surface area (Å²) in [6.07, 6.45) is 3.14. The Balaban J connectivity index is 3.71. The predicted molar refractivity (Wildman–Crippen MR) is 69.5 cm³/mol. The maximum absolute atomic E-state index is 11.8. The highest BCUT2D eigenvalue weighted by Gasteiger charge is 2.24. The van der Waals surface area contributed by atoms with E-state index < -0.39 is 7.82 Å². The zero-order valence-corrected chi connectivity index (χ0v) is 12.5. The zero-order chi connectivity index (χ0) is 11.6. The molecule has 0 aliphatic heterocycles. The topological polar surface area (TPSA) is 44.8 Å². The summed E-state index contributed by atoms with van der Waals surface area (Å²) in [4.78, 5) is 0. The second-order valence-electron chi connectivity index (χ2n) is 2.87. The van der Waals surface area contributed by atoms with Gasteiger partial charge >= 0.3 is 7.82 Å². The normalized spacial score (nSPS) is 11.9. The summed E-state index contributed by atoms with van der Waals surface area (Å²) in [5, 5.41) is 0. The Hall–Kier alpha value is 0.840. The molecule has 0 rings (SSSR count). The Morgan fingerprint density at radius 3 is 2.07 bits per heavy atom.